The molecule has 0 unspecified atom stereocenters. The lowest BCUT2D eigenvalue weighted by Crippen LogP contribution is -2.26. The van der Waals surface area contributed by atoms with Crippen molar-refractivity contribution in [3.8, 4) is 11.1 Å². The number of hydrogen-bond donors (Lipinski definition) is 3. The molecule has 7 heteroatoms. The molecule has 1 aliphatic carbocycles. The number of carbonyl (C=O) groups excluding carboxylic acids is 2. The molecule has 0 heterocycles. The van der Waals surface area contributed by atoms with E-state index in [1.165, 1.54) is 11.1 Å². The summed E-state index contributed by atoms with van der Waals surface area (Å²) in [6, 6.07) is 23.3. The summed E-state index contributed by atoms with van der Waals surface area (Å²) in [7, 11) is 0. The normalized spacial score (nSPS) is 11.9. The van der Waals surface area contributed by atoms with Crippen molar-refractivity contribution in [3.63, 3.8) is 0 Å². The second-order valence-electron chi connectivity index (χ2n) is 8.48. The zero-order valence-electron chi connectivity index (χ0n) is 19.3. The van der Waals surface area contributed by atoms with Gasteiger partial charge in [-0.2, -0.15) is 0 Å². The van der Waals surface area contributed by atoms with Crippen molar-refractivity contribution in [3.05, 3.63) is 95.1 Å². The van der Waals surface area contributed by atoms with Crippen molar-refractivity contribution in [2.45, 2.75) is 31.7 Å². The monoisotopic (exact) mass is 472 g/mol. The molecule has 4 rings (SSSR count). The van der Waals surface area contributed by atoms with Crippen LogP contribution in [0.15, 0.2) is 72.8 Å². The minimum Gasteiger partial charge on any atom is -0.481 e. The number of unbranched alkanes of at least 4 members (excludes halogenated alkanes) is 1. The Bertz CT molecular complexity index is 1160. The van der Waals surface area contributed by atoms with Crippen molar-refractivity contribution in [2.24, 2.45) is 0 Å². The first-order valence-corrected chi connectivity index (χ1v) is 11.7. The lowest BCUT2D eigenvalue weighted by molar-refractivity contribution is -0.137. The smallest absolute Gasteiger partial charge is 0.407 e. The van der Waals surface area contributed by atoms with Crippen LogP contribution in [0.4, 0.5) is 4.79 Å². The fraction of sp³-hybridized carbons (Fsp3) is 0.250. The van der Waals surface area contributed by atoms with Gasteiger partial charge in [-0.05, 0) is 52.8 Å². The Labute approximate surface area is 204 Å². The number of rotatable bonds is 10. The second kappa shape index (κ2) is 11.3. The molecule has 0 fully saturated rings. The van der Waals surface area contributed by atoms with Gasteiger partial charge in [-0.3, -0.25) is 9.59 Å². The minimum atomic E-state index is -0.835. The maximum Gasteiger partial charge on any atom is 0.407 e. The highest BCUT2D eigenvalue weighted by molar-refractivity contribution is 5.94. The number of carbonyl (C=O) groups is 3. The molecule has 0 bridgehead atoms. The molecule has 0 radical (unpaired) electrons. The second-order valence-corrected chi connectivity index (χ2v) is 8.48. The van der Waals surface area contributed by atoms with Crippen molar-refractivity contribution in [2.75, 3.05) is 13.2 Å². The Kier molecular flexibility index (Phi) is 7.77. The van der Waals surface area contributed by atoms with Gasteiger partial charge >= 0.3 is 12.1 Å². The van der Waals surface area contributed by atoms with Gasteiger partial charge in [0.15, 0.2) is 0 Å². The first-order chi connectivity index (χ1) is 17.0. The van der Waals surface area contributed by atoms with Crippen molar-refractivity contribution >= 4 is 18.0 Å². The summed E-state index contributed by atoms with van der Waals surface area (Å²) in [5.41, 5.74) is 6.04. The first-order valence-electron chi connectivity index (χ1n) is 11.7. The number of carboxylic acid groups (broad SMARTS) is 1. The van der Waals surface area contributed by atoms with Crippen LogP contribution < -0.4 is 10.6 Å². The molecule has 1 aliphatic rings. The molecule has 3 aromatic carbocycles. The molecular formula is C28H28N2O5. The van der Waals surface area contributed by atoms with Crippen LogP contribution >= 0.6 is 0 Å². The van der Waals surface area contributed by atoms with Gasteiger partial charge in [-0.15, -0.1) is 0 Å². The van der Waals surface area contributed by atoms with Crippen LogP contribution in [0.1, 0.15) is 52.2 Å². The maximum atomic E-state index is 12.4. The van der Waals surface area contributed by atoms with Gasteiger partial charge in [-0.25, -0.2) is 4.79 Å². The molecule has 0 saturated carbocycles. The van der Waals surface area contributed by atoms with Gasteiger partial charge < -0.3 is 20.5 Å². The van der Waals surface area contributed by atoms with Crippen LogP contribution in [0.5, 0.6) is 0 Å². The van der Waals surface area contributed by atoms with Gasteiger partial charge in [0.2, 0.25) is 0 Å². The van der Waals surface area contributed by atoms with E-state index < -0.39 is 12.1 Å². The molecule has 7 nitrogen and oxygen atoms in total. The molecule has 35 heavy (non-hydrogen) atoms. The van der Waals surface area contributed by atoms with Crippen LogP contribution in [-0.4, -0.2) is 36.2 Å². The largest absolute Gasteiger partial charge is 0.481 e. The number of nitrogens with one attached hydrogen (secondary N) is 2. The number of carboxylic acids is 1. The van der Waals surface area contributed by atoms with Gasteiger partial charge in [-0.1, -0.05) is 60.7 Å². The highest BCUT2D eigenvalue weighted by atomic mass is 16.5. The highest BCUT2D eigenvalue weighted by Crippen LogP contribution is 2.44. The summed E-state index contributed by atoms with van der Waals surface area (Å²) in [5.74, 6) is -1.04. The average Bonchev–Trinajstić information content (AvgIpc) is 3.19. The van der Waals surface area contributed by atoms with E-state index in [9.17, 15) is 14.4 Å². The average molecular weight is 473 g/mol. The summed E-state index contributed by atoms with van der Waals surface area (Å²) in [5, 5.41) is 14.2. The zero-order valence-corrected chi connectivity index (χ0v) is 19.3. The van der Waals surface area contributed by atoms with Crippen LogP contribution in [0.2, 0.25) is 0 Å². The summed E-state index contributed by atoms with van der Waals surface area (Å²) >= 11 is 0. The molecule has 0 saturated heterocycles. The standard InChI is InChI=1S/C28H28N2O5/c31-26(32)11-5-6-16-29-27(33)20-14-12-19(13-15-20)17-30-28(34)35-18-25-23-9-3-1-7-21(23)22-8-2-4-10-24(22)25/h1-4,7-10,12-15,25H,5-6,11,16-18H2,(H,29,33)(H,30,34)(H,31,32). The molecule has 2 amide bonds. The van der Waals surface area contributed by atoms with Gasteiger partial charge in [0, 0.05) is 31.0 Å². The fourth-order valence-corrected chi connectivity index (χ4v) is 4.30. The first kappa shape index (κ1) is 24.0. The van der Waals surface area contributed by atoms with E-state index in [2.05, 4.69) is 34.9 Å². The van der Waals surface area contributed by atoms with Gasteiger partial charge in [0.25, 0.3) is 5.91 Å². The predicted octanol–water partition coefficient (Wildman–Crippen LogP) is 4.71. The quantitative estimate of drug-likeness (QED) is 0.371. The zero-order chi connectivity index (χ0) is 24.6. The predicted molar refractivity (Wildman–Crippen MR) is 132 cm³/mol. The third kappa shape index (κ3) is 6.06. The van der Waals surface area contributed by atoms with Crippen LogP contribution in [0.3, 0.4) is 0 Å². The molecule has 3 N–H and O–H groups in total. The van der Waals surface area contributed by atoms with E-state index in [-0.39, 0.29) is 31.4 Å². The Morgan fingerprint density at radius 2 is 1.43 bits per heavy atom. The van der Waals surface area contributed by atoms with Crippen LogP contribution in [0.25, 0.3) is 11.1 Å². The Morgan fingerprint density at radius 3 is 2.06 bits per heavy atom. The fourth-order valence-electron chi connectivity index (χ4n) is 4.30. The van der Waals surface area contributed by atoms with Gasteiger partial charge in [0.1, 0.15) is 6.61 Å². The highest BCUT2D eigenvalue weighted by Gasteiger charge is 2.28. The SMILES string of the molecule is O=C(O)CCCCNC(=O)c1ccc(CNC(=O)OCC2c3ccccc3-c3ccccc32)cc1. The van der Waals surface area contributed by atoms with Gasteiger partial charge in [0.05, 0.1) is 0 Å². The lowest BCUT2D eigenvalue weighted by atomic mass is 9.98. The van der Waals surface area contributed by atoms with E-state index in [0.29, 0.717) is 24.9 Å². The Hall–Kier alpha value is -4.13. The Morgan fingerprint density at radius 1 is 0.800 bits per heavy atom. The topological polar surface area (TPSA) is 105 Å². The molecule has 3 aromatic rings. The number of aliphatic carboxylic acids is 1. The minimum absolute atomic E-state index is 0.00933. The molecule has 0 atom stereocenters. The van der Waals surface area contributed by atoms with Crippen molar-refractivity contribution < 1.29 is 24.2 Å². The molecule has 0 spiro atoms. The molecule has 180 valence electrons. The summed E-state index contributed by atoms with van der Waals surface area (Å²) in [6.45, 7) is 0.969. The van der Waals surface area contributed by atoms with Crippen molar-refractivity contribution in [1.82, 2.24) is 10.6 Å². The maximum absolute atomic E-state index is 12.4. The van der Waals surface area contributed by atoms with E-state index >= 15 is 0 Å². The molecular weight excluding hydrogens is 444 g/mol. The number of benzene rings is 3. The van der Waals surface area contributed by atoms with Crippen LogP contribution in [0, 0.1) is 0 Å². The third-order valence-electron chi connectivity index (χ3n) is 6.10. The van der Waals surface area contributed by atoms with Crippen LogP contribution in [-0.2, 0) is 16.1 Å². The number of alkyl carbamates (subject to hydrolysis) is 1. The number of fused-ring (bicyclic) bond motifs is 3. The molecule has 0 aromatic heterocycles. The van der Waals surface area contributed by atoms with Crippen molar-refractivity contribution in [1.29, 1.82) is 0 Å². The number of ether oxygens (including phenoxy) is 1. The van der Waals surface area contributed by atoms with E-state index in [1.807, 2.05) is 24.3 Å². The van der Waals surface area contributed by atoms with E-state index in [1.54, 1.807) is 24.3 Å². The summed E-state index contributed by atoms with van der Waals surface area (Å²) < 4.78 is 5.55. The Balaban J connectivity index is 1.23. The number of hydrogen-bond acceptors (Lipinski definition) is 4. The van der Waals surface area contributed by atoms with E-state index in [0.717, 1.165) is 16.7 Å². The summed E-state index contributed by atoms with van der Waals surface area (Å²) in [4.78, 5) is 35.0. The molecule has 0 aliphatic heterocycles. The summed E-state index contributed by atoms with van der Waals surface area (Å²) in [6.07, 6.45) is 0.743. The van der Waals surface area contributed by atoms with E-state index in [4.69, 9.17) is 9.84 Å². The number of amides is 2. The lowest BCUT2D eigenvalue weighted by Gasteiger charge is -2.14. The third-order valence-corrected chi connectivity index (χ3v) is 6.10.